The summed E-state index contributed by atoms with van der Waals surface area (Å²) < 4.78 is 0. The number of likely N-dealkylation sites (tertiary alicyclic amines) is 1. The lowest BCUT2D eigenvalue weighted by Crippen LogP contribution is -2.40. The van der Waals surface area contributed by atoms with Gasteiger partial charge in [0.2, 0.25) is 0 Å². The van der Waals surface area contributed by atoms with Crippen LogP contribution >= 0.6 is 0 Å². The van der Waals surface area contributed by atoms with Crippen LogP contribution in [-0.4, -0.2) is 48.8 Å². The molecule has 2 rings (SSSR count). The third-order valence-corrected chi connectivity index (χ3v) is 4.27. The minimum absolute atomic E-state index is 0.0705. The van der Waals surface area contributed by atoms with Gasteiger partial charge in [-0.3, -0.25) is 0 Å². The zero-order chi connectivity index (χ0) is 11.4. The lowest BCUT2D eigenvalue weighted by molar-refractivity contribution is 0.162. The maximum absolute atomic E-state index is 9.55. The number of nitrogens with zero attached hydrogens (tertiary/aromatic N) is 1. The van der Waals surface area contributed by atoms with Gasteiger partial charge in [0.25, 0.3) is 0 Å². The van der Waals surface area contributed by atoms with Crippen molar-refractivity contribution in [3.8, 4) is 0 Å². The van der Waals surface area contributed by atoms with Gasteiger partial charge in [-0.2, -0.15) is 0 Å². The fourth-order valence-corrected chi connectivity index (χ4v) is 3.29. The van der Waals surface area contributed by atoms with Gasteiger partial charge in [0.05, 0.1) is 6.10 Å². The van der Waals surface area contributed by atoms with Gasteiger partial charge in [0.15, 0.2) is 0 Å². The summed E-state index contributed by atoms with van der Waals surface area (Å²) in [7, 11) is 2.10. The van der Waals surface area contributed by atoms with E-state index in [1.807, 2.05) is 0 Å². The van der Waals surface area contributed by atoms with E-state index in [0.29, 0.717) is 6.04 Å². The Hall–Kier alpha value is -0.120. The van der Waals surface area contributed by atoms with Gasteiger partial charge < -0.3 is 15.3 Å². The molecule has 1 saturated carbocycles. The summed E-state index contributed by atoms with van der Waals surface area (Å²) in [5.41, 5.74) is 0. The van der Waals surface area contributed by atoms with Crippen LogP contribution in [0.1, 0.15) is 38.5 Å². The van der Waals surface area contributed by atoms with E-state index in [4.69, 9.17) is 0 Å². The number of hydrogen-bond acceptors (Lipinski definition) is 3. The van der Waals surface area contributed by atoms with Crippen LogP contribution in [0.5, 0.6) is 0 Å². The van der Waals surface area contributed by atoms with Gasteiger partial charge >= 0.3 is 0 Å². The Morgan fingerprint density at radius 1 is 1.19 bits per heavy atom. The second-order valence-corrected chi connectivity index (χ2v) is 5.50. The fraction of sp³-hybridized carbons (Fsp3) is 1.00. The molecule has 0 aromatic heterocycles. The lowest BCUT2D eigenvalue weighted by Gasteiger charge is -2.29. The van der Waals surface area contributed by atoms with E-state index in [-0.39, 0.29) is 6.10 Å². The molecule has 3 unspecified atom stereocenters. The molecule has 3 atom stereocenters. The highest BCUT2D eigenvalue weighted by Gasteiger charge is 2.27. The number of β-amino-alcohol motifs (C(OH)–C–C–N with tert-alkyl or cyclic N) is 1. The third-order valence-electron chi connectivity index (χ3n) is 4.27. The van der Waals surface area contributed by atoms with Crippen molar-refractivity contribution in [1.82, 2.24) is 10.2 Å². The summed E-state index contributed by atoms with van der Waals surface area (Å²) >= 11 is 0. The van der Waals surface area contributed by atoms with Crippen LogP contribution in [0.2, 0.25) is 0 Å². The van der Waals surface area contributed by atoms with Crippen molar-refractivity contribution in [2.45, 2.75) is 50.7 Å². The van der Waals surface area contributed by atoms with Gasteiger partial charge in [0.1, 0.15) is 0 Å². The normalized spacial score (nSPS) is 37.5. The molecule has 0 aromatic rings. The number of rotatable bonds is 3. The second-order valence-electron chi connectivity index (χ2n) is 5.50. The highest BCUT2D eigenvalue weighted by atomic mass is 16.3. The van der Waals surface area contributed by atoms with E-state index in [1.165, 1.54) is 38.6 Å². The topological polar surface area (TPSA) is 35.5 Å². The van der Waals surface area contributed by atoms with Gasteiger partial charge in [-0.15, -0.1) is 0 Å². The van der Waals surface area contributed by atoms with Crippen molar-refractivity contribution in [1.29, 1.82) is 0 Å². The van der Waals surface area contributed by atoms with Crippen LogP contribution in [0.15, 0.2) is 0 Å². The molecule has 3 nitrogen and oxygen atoms in total. The molecule has 1 aliphatic carbocycles. The standard InChI is InChI=1S/C13H26N2O/c1-14-13-6-4-2-3-5-11(13)9-15-8-7-12(16)10-15/h11-14,16H,2-10H2,1H3. The van der Waals surface area contributed by atoms with E-state index < -0.39 is 0 Å². The molecule has 1 aliphatic heterocycles. The molecule has 3 heteroatoms. The molecule has 1 heterocycles. The summed E-state index contributed by atoms with van der Waals surface area (Å²) in [6.45, 7) is 3.17. The SMILES string of the molecule is CNC1CCCCCC1CN1CCC(O)C1. The molecule has 0 aromatic carbocycles. The molecular formula is C13H26N2O. The first-order chi connectivity index (χ1) is 7.79. The highest BCUT2D eigenvalue weighted by Crippen LogP contribution is 2.25. The molecule has 0 spiro atoms. The molecule has 16 heavy (non-hydrogen) atoms. The minimum Gasteiger partial charge on any atom is -0.392 e. The van der Waals surface area contributed by atoms with Crippen LogP contribution in [0, 0.1) is 5.92 Å². The fourth-order valence-electron chi connectivity index (χ4n) is 3.29. The van der Waals surface area contributed by atoms with Gasteiger partial charge in [-0.25, -0.2) is 0 Å². The van der Waals surface area contributed by atoms with Crippen molar-refractivity contribution in [2.24, 2.45) is 5.92 Å². The summed E-state index contributed by atoms with van der Waals surface area (Å²) in [5.74, 6) is 0.790. The Morgan fingerprint density at radius 3 is 2.69 bits per heavy atom. The van der Waals surface area contributed by atoms with Crippen LogP contribution < -0.4 is 5.32 Å². The molecule has 2 aliphatic rings. The predicted octanol–water partition coefficient (Wildman–Crippen LogP) is 1.22. The largest absolute Gasteiger partial charge is 0.392 e. The Balaban J connectivity index is 1.85. The average molecular weight is 226 g/mol. The van der Waals surface area contributed by atoms with E-state index in [9.17, 15) is 5.11 Å². The molecule has 0 radical (unpaired) electrons. The predicted molar refractivity (Wildman–Crippen MR) is 66.5 cm³/mol. The molecular weight excluding hydrogens is 200 g/mol. The van der Waals surface area contributed by atoms with Crippen LogP contribution in [-0.2, 0) is 0 Å². The average Bonchev–Trinajstić information content (AvgIpc) is 2.56. The molecule has 2 fully saturated rings. The van der Waals surface area contributed by atoms with Gasteiger partial charge in [0, 0.05) is 25.7 Å². The van der Waals surface area contributed by atoms with Gasteiger partial charge in [-0.1, -0.05) is 19.3 Å². The molecule has 2 N–H and O–H groups in total. The molecule has 94 valence electrons. The number of hydrogen-bond donors (Lipinski definition) is 2. The number of aliphatic hydroxyl groups is 1. The van der Waals surface area contributed by atoms with E-state index >= 15 is 0 Å². The second kappa shape index (κ2) is 5.99. The molecule has 0 amide bonds. The van der Waals surface area contributed by atoms with Crippen molar-refractivity contribution in [3.05, 3.63) is 0 Å². The number of nitrogens with one attached hydrogen (secondary N) is 1. The molecule has 0 bridgehead atoms. The Bertz CT molecular complexity index is 210. The first-order valence-corrected chi connectivity index (χ1v) is 6.87. The van der Waals surface area contributed by atoms with Crippen molar-refractivity contribution in [3.63, 3.8) is 0 Å². The monoisotopic (exact) mass is 226 g/mol. The van der Waals surface area contributed by atoms with Gasteiger partial charge in [-0.05, 0) is 32.2 Å². The summed E-state index contributed by atoms with van der Waals surface area (Å²) in [6, 6.07) is 0.695. The molecule has 1 saturated heterocycles. The number of aliphatic hydroxyl groups excluding tert-OH is 1. The lowest BCUT2D eigenvalue weighted by atomic mass is 9.94. The van der Waals surface area contributed by atoms with E-state index in [0.717, 1.165) is 25.4 Å². The van der Waals surface area contributed by atoms with E-state index in [2.05, 4.69) is 17.3 Å². The highest BCUT2D eigenvalue weighted by molar-refractivity contribution is 4.84. The zero-order valence-corrected chi connectivity index (χ0v) is 10.5. The Morgan fingerprint density at radius 2 is 2.00 bits per heavy atom. The van der Waals surface area contributed by atoms with Crippen LogP contribution in [0.4, 0.5) is 0 Å². The summed E-state index contributed by atoms with van der Waals surface area (Å²) in [4.78, 5) is 2.45. The van der Waals surface area contributed by atoms with Crippen molar-refractivity contribution < 1.29 is 5.11 Å². The van der Waals surface area contributed by atoms with Crippen molar-refractivity contribution >= 4 is 0 Å². The Kier molecular flexibility index (Phi) is 4.62. The summed E-state index contributed by atoms with van der Waals surface area (Å²) in [6.07, 6.45) is 7.76. The zero-order valence-electron chi connectivity index (χ0n) is 10.5. The van der Waals surface area contributed by atoms with E-state index in [1.54, 1.807) is 0 Å². The van der Waals surface area contributed by atoms with Crippen LogP contribution in [0.25, 0.3) is 0 Å². The van der Waals surface area contributed by atoms with Crippen LogP contribution in [0.3, 0.4) is 0 Å². The third kappa shape index (κ3) is 3.19. The maximum Gasteiger partial charge on any atom is 0.0679 e. The minimum atomic E-state index is -0.0705. The summed E-state index contributed by atoms with van der Waals surface area (Å²) in [5, 5.41) is 13.0. The quantitative estimate of drug-likeness (QED) is 0.710. The smallest absolute Gasteiger partial charge is 0.0679 e. The first-order valence-electron chi connectivity index (χ1n) is 6.87. The first kappa shape index (κ1) is 12.3. The Labute approximate surface area is 99.2 Å². The maximum atomic E-state index is 9.55. The van der Waals surface area contributed by atoms with Crippen molar-refractivity contribution in [2.75, 3.05) is 26.7 Å².